The zero-order valence-corrected chi connectivity index (χ0v) is 12.3. The third-order valence-electron chi connectivity index (χ3n) is 3.57. The Kier molecular flexibility index (Phi) is 5.35. The van der Waals surface area contributed by atoms with Crippen molar-refractivity contribution in [3.8, 4) is 0 Å². The number of alkyl halides is 1. The molecule has 3 atom stereocenters. The summed E-state index contributed by atoms with van der Waals surface area (Å²) in [4.78, 5) is 0. The van der Waals surface area contributed by atoms with Gasteiger partial charge >= 0.3 is 0 Å². The Morgan fingerprint density at radius 2 is 2.00 bits per heavy atom. The Bertz CT molecular complexity index is 363. The van der Waals surface area contributed by atoms with Crippen LogP contribution in [0.1, 0.15) is 31.7 Å². The standard InChI is InChI=1S/C15H20Cl2O/c1-11-2-7-15(18-11)9-13(10-16)8-12-3-5-14(17)6-4-12/h3-6,11,13,15H,2,7-10H2,1H3. The summed E-state index contributed by atoms with van der Waals surface area (Å²) in [5.41, 5.74) is 1.30. The molecule has 0 spiro atoms. The molecule has 18 heavy (non-hydrogen) atoms. The van der Waals surface area contributed by atoms with E-state index in [1.54, 1.807) is 0 Å². The fourth-order valence-corrected chi connectivity index (χ4v) is 2.95. The first-order valence-electron chi connectivity index (χ1n) is 6.63. The van der Waals surface area contributed by atoms with Crippen molar-refractivity contribution in [1.29, 1.82) is 0 Å². The largest absolute Gasteiger partial charge is 0.375 e. The van der Waals surface area contributed by atoms with Gasteiger partial charge in [-0.2, -0.15) is 0 Å². The van der Waals surface area contributed by atoms with Crippen molar-refractivity contribution >= 4 is 23.2 Å². The Hall–Kier alpha value is -0.240. The molecule has 1 aliphatic rings. The molecule has 0 bridgehead atoms. The van der Waals surface area contributed by atoms with Crippen molar-refractivity contribution in [3.05, 3.63) is 34.9 Å². The van der Waals surface area contributed by atoms with Crippen LogP contribution in [0.15, 0.2) is 24.3 Å². The van der Waals surface area contributed by atoms with Gasteiger partial charge < -0.3 is 4.74 Å². The molecule has 0 amide bonds. The fraction of sp³-hybridized carbons (Fsp3) is 0.600. The molecule has 1 aromatic rings. The lowest BCUT2D eigenvalue weighted by Crippen LogP contribution is -2.17. The van der Waals surface area contributed by atoms with Crippen LogP contribution in [0.4, 0.5) is 0 Å². The minimum Gasteiger partial charge on any atom is -0.375 e. The SMILES string of the molecule is CC1CCC(CC(CCl)Cc2ccc(Cl)cc2)O1. The van der Waals surface area contributed by atoms with Crippen LogP contribution < -0.4 is 0 Å². The van der Waals surface area contributed by atoms with Gasteiger partial charge in [-0.3, -0.25) is 0 Å². The van der Waals surface area contributed by atoms with Crippen molar-refractivity contribution in [1.82, 2.24) is 0 Å². The first-order chi connectivity index (χ1) is 8.67. The van der Waals surface area contributed by atoms with E-state index in [0.29, 0.717) is 24.0 Å². The molecule has 0 saturated carbocycles. The van der Waals surface area contributed by atoms with Gasteiger partial charge in [0, 0.05) is 10.9 Å². The predicted molar refractivity (Wildman–Crippen MR) is 77.6 cm³/mol. The van der Waals surface area contributed by atoms with E-state index in [1.807, 2.05) is 12.1 Å². The van der Waals surface area contributed by atoms with E-state index in [1.165, 1.54) is 18.4 Å². The molecule has 3 heteroatoms. The van der Waals surface area contributed by atoms with Gasteiger partial charge in [-0.25, -0.2) is 0 Å². The molecular formula is C15H20Cl2O. The minimum atomic E-state index is 0.399. The highest BCUT2D eigenvalue weighted by Gasteiger charge is 2.24. The minimum absolute atomic E-state index is 0.399. The van der Waals surface area contributed by atoms with Gasteiger partial charge in [0.15, 0.2) is 0 Å². The highest BCUT2D eigenvalue weighted by atomic mass is 35.5. The summed E-state index contributed by atoms with van der Waals surface area (Å²) in [5.74, 6) is 1.18. The summed E-state index contributed by atoms with van der Waals surface area (Å²) in [6.07, 6.45) is 5.25. The molecule has 1 fully saturated rings. The van der Waals surface area contributed by atoms with Crippen LogP contribution in [0, 0.1) is 5.92 Å². The maximum Gasteiger partial charge on any atom is 0.0582 e. The molecule has 0 aliphatic carbocycles. The molecule has 0 N–H and O–H groups in total. The monoisotopic (exact) mass is 286 g/mol. The first kappa shape index (κ1) is 14.2. The second kappa shape index (κ2) is 6.79. The number of hydrogen-bond donors (Lipinski definition) is 0. The van der Waals surface area contributed by atoms with Gasteiger partial charge in [-0.05, 0) is 56.2 Å². The van der Waals surface area contributed by atoms with Gasteiger partial charge in [0.2, 0.25) is 0 Å². The summed E-state index contributed by atoms with van der Waals surface area (Å²) in [6.45, 7) is 2.15. The molecule has 1 heterocycles. The number of benzene rings is 1. The average Bonchev–Trinajstić information content (AvgIpc) is 2.77. The average molecular weight is 287 g/mol. The summed E-state index contributed by atoms with van der Waals surface area (Å²) in [5, 5.41) is 0.786. The van der Waals surface area contributed by atoms with Crippen LogP contribution in [0.2, 0.25) is 5.02 Å². The van der Waals surface area contributed by atoms with Crippen molar-refractivity contribution in [2.75, 3.05) is 5.88 Å². The summed E-state index contributed by atoms with van der Waals surface area (Å²) >= 11 is 12.0. The van der Waals surface area contributed by atoms with E-state index in [-0.39, 0.29) is 0 Å². The summed E-state index contributed by atoms with van der Waals surface area (Å²) in [6, 6.07) is 8.05. The lowest BCUT2D eigenvalue weighted by atomic mass is 9.94. The van der Waals surface area contributed by atoms with Gasteiger partial charge in [0.05, 0.1) is 12.2 Å². The molecule has 0 radical (unpaired) electrons. The number of hydrogen-bond acceptors (Lipinski definition) is 1. The Labute approximate surface area is 119 Å². The normalized spacial score (nSPS) is 25.3. The van der Waals surface area contributed by atoms with Crippen LogP contribution >= 0.6 is 23.2 Å². The van der Waals surface area contributed by atoms with Crippen LogP contribution in [0.5, 0.6) is 0 Å². The molecular weight excluding hydrogens is 267 g/mol. The lowest BCUT2D eigenvalue weighted by Gasteiger charge is -2.18. The molecule has 3 unspecified atom stereocenters. The van der Waals surface area contributed by atoms with Gasteiger partial charge in [0.1, 0.15) is 0 Å². The van der Waals surface area contributed by atoms with Crippen molar-refractivity contribution in [2.24, 2.45) is 5.92 Å². The third kappa shape index (κ3) is 4.15. The van der Waals surface area contributed by atoms with E-state index in [2.05, 4.69) is 19.1 Å². The Morgan fingerprint density at radius 3 is 2.56 bits per heavy atom. The van der Waals surface area contributed by atoms with Gasteiger partial charge in [0.25, 0.3) is 0 Å². The van der Waals surface area contributed by atoms with Crippen molar-refractivity contribution in [2.45, 2.75) is 44.8 Å². The molecule has 1 nitrogen and oxygen atoms in total. The van der Waals surface area contributed by atoms with E-state index >= 15 is 0 Å². The maximum absolute atomic E-state index is 6.08. The quantitative estimate of drug-likeness (QED) is 0.713. The smallest absolute Gasteiger partial charge is 0.0582 e. The number of ether oxygens (including phenoxy) is 1. The Morgan fingerprint density at radius 1 is 1.28 bits per heavy atom. The highest BCUT2D eigenvalue weighted by molar-refractivity contribution is 6.30. The molecule has 1 aromatic carbocycles. The molecule has 100 valence electrons. The van der Waals surface area contributed by atoms with Gasteiger partial charge in [-0.15, -0.1) is 11.6 Å². The van der Waals surface area contributed by atoms with Crippen LogP contribution in [0.3, 0.4) is 0 Å². The third-order valence-corrected chi connectivity index (χ3v) is 4.26. The molecule has 1 saturated heterocycles. The maximum atomic E-state index is 6.08. The van der Waals surface area contributed by atoms with Crippen molar-refractivity contribution in [3.63, 3.8) is 0 Å². The summed E-state index contributed by atoms with van der Waals surface area (Å²) in [7, 11) is 0. The highest BCUT2D eigenvalue weighted by Crippen LogP contribution is 2.27. The van der Waals surface area contributed by atoms with Crippen LogP contribution in [-0.2, 0) is 11.2 Å². The predicted octanol–water partition coefficient (Wildman–Crippen LogP) is 4.70. The molecule has 0 aromatic heterocycles. The zero-order valence-electron chi connectivity index (χ0n) is 10.7. The zero-order chi connectivity index (χ0) is 13.0. The number of halogens is 2. The molecule has 2 rings (SSSR count). The molecule has 1 aliphatic heterocycles. The number of rotatable bonds is 5. The lowest BCUT2D eigenvalue weighted by molar-refractivity contribution is 0.0426. The Balaban J connectivity index is 1.87. The van der Waals surface area contributed by atoms with E-state index in [0.717, 1.165) is 17.9 Å². The second-order valence-electron chi connectivity index (χ2n) is 5.23. The van der Waals surface area contributed by atoms with E-state index in [9.17, 15) is 0 Å². The first-order valence-corrected chi connectivity index (χ1v) is 7.54. The topological polar surface area (TPSA) is 9.23 Å². The van der Waals surface area contributed by atoms with E-state index < -0.39 is 0 Å². The summed E-state index contributed by atoms with van der Waals surface area (Å²) < 4.78 is 5.87. The van der Waals surface area contributed by atoms with Gasteiger partial charge in [-0.1, -0.05) is 23.7 Å². The van der Waals surface area contributed by atoms with Crippen LogP contribution in [-0.4, -0.2) is 18.1 Å². The van der Waals surface area contributed by atoms with Crippen molar-refractivity contribution < 1.29 is 4.74 Å². The fourth-order valence-electron chi connectivity index (χ4n) is 2.59. The van der Waals surface area contributed by atoms with Crippen LogP contribution in [0.25, 0.3) is 0 Å². The second-order valence-corrected chi connectivity index (χ2v) is 5.98. The van der Waals surface area contributed by atoms with E-state index in [4.69, 9.17) is 27.9 Å².